The molecule has 4 heterocycles. The lowest BCUT2D eigenvalue weighted by Crippen LogP contribution is -2.34. The van der Waals surface area contributed by atoms with Crippen molar-refractivity contribution in [3.63, 3.8) is 0 Å². The molecule has 110 heavy (non-hydrogen) atoms. The molecule has 0 unspecified atom stereocenters. The average molecular weight is 1530 g/mol. The van der Waals surface area contributed by atoms with Gasteiger partial charge in [-0.1, -0.05) is 0 Å². The second kappa shape index (κ2) is 29.9. The van der Waals surface area contributed by atoms with Crippen molar-refractivity contribution < 1.29 is 181 Å². The lowest BCUT2D eigenvalue weighted by Gasteiger charge is -2.34. The van der Waals surface area contributed by atoms with Gasteiger partial charge < -0.3 is 171 Å². The molecule has 0 fully saturated rings. The van der Waals surface area contributed by atoms with Gasteiger partial charge in [-0.2, -0.15) is 0 Å². The number of hydrogen-bond donors (Lipinski definition) is 28. The second-order valence-corrected chi connectivity index (χ2v) is 25.1. The number of hydrogen-bond acceptors (Lipinski definition) is 36. The summed E-state index contributed by atoms with van der Waals surface area (Å²) >= 11 is 0. The van der Waals surface area contributed by atoms with E-state index in [0.29, 0.717) is 11.1 Å². The zero-order valence-electron chi connectivity index (χ0n) is 55.8. The van der Waals surface area contributed by atoms with E-state index >= 15 is 0 Å². The van der Waals surface area contributed by atoms with Gasteiger partial charge in [0.1, 0.15) is 81.2 Å². The van der Waals surface area contributed by atoms with Crippen LogP contribution >= 0.6 is 0 Å². The van der Waals surface area contributed by atoms with Gasteiger partial charge in [0, 0.05) is 119 Å². The highest BCUT2D eigenvalue weighted by atomic mass is 16.6. The summed E-state index contributed by atoms with van der Waals surface area (Å²) in [5, 5.41) is 272. The molecule has 0 radical (unpaired) electrons. The quantitative estimate of drug-likeness (QED) is 0.0539. The number of aliphatic hydroxyl groups excluding tert-OH is 2. The van der Waals surface area contributed by atoms with Crippen LogP contribution in [0.15, 0.2) is 121 Å². The predicted molar refractivity (Wildman–Crippen MR) is 366 cm³/mol. The van der Waals surface area contributed by atoms with Gasteiger partial charge in [-0.25, -0.2) is 9.59 Å². The number of phenols is 26. The summed E-state index contributed by atoms with van der Waals surface area (Å²) in [6, 6.07) is 21.9. The normalized spacial score (nSPS) is 18.3. The smallest absolute Gasteiger partial charge is 0.338 e. The highest BCUT2D eigenvalue weighted by Gasteiger charge is 2.41. The van der Waals surface area contributed by atoms with Gasteiger partial charge in [0.2, 0.25) is 0 Å². The lowest BCUT2D eigenvalue weighted by atomic mass is 9.93. The third-order valence-corrected chi connectivity index (χ3v) is 17.5. The largest absolute Gasteiger partial charge is 0.508 e. The molecule has 4 aliphatic rings. The number of carbonyl (C=O) groups is 2. The molecule has 0 aliphatic carbocycles. The Morgan fingerprint density at radius 2 is 0.436 bits per heavy atom. The van der Waals surface area contributed by atoms with Crippen LogP contribution in [-0.2, 0) is 35.2 Å². The topological polar surface area (TPSA) is 656 Å². The van der Waals surface area contributed by atoms with Crippen LogP contribution in [-0.4, -0.2) is 179 Å². The van der Waals surface area contributed by atoms with Crippen molar-refractivity contribution in [3.8, 4) is 172 Å². The third-order valence-electron chi connectivity index (χ3n) is 17.5. The van der Waals surface area contributed by atoms with Crippen molar-refractivity contribution in [1.82, 2.24) is 0 Å². The Bertz CT molecular complexity index is 4830. The standard InChI is InChI=1S/2C22H18O11.2C15H14O7/c2*23-10-5-12(24)11-7-18(33-22(31)9-3-15(27)20(30)16(28)4-9)21(32-17(11)6-10)8-1-13(25)19(29)14(26)2-8;2*16-7-3-9(17)8-5-12(20)15(22-13(8)4-7)6-1-10(18)14(21)11(19)2-6/h2*1-6,18,21,23-30H,7H2;2*1-4,12,15-21H,5H2/t18-,21+;18-,21-;12-,15+;12-,15-/m1111/s1. The first-order valence-corrected chi connectivity index (χ1v) is 32.0. The molecular formula is C74H64O36. The molecule has 576 valence electrons. The molecule has 0 bridgehead atoms. The zero-order valence-corrected chi connectivity index (χ0v) is 55.8. The molecule has 0 aromatic heterocycles. The van der Waals surface area contributed by atoms with Crippen LogP contribution in [0.1, 0.15) is 89.6 Å². The Labute approximate surface area is 614 Å². The average Bonchev–Trinajstić information content (AvgIpc) is 0.795. The highest BCUT2D eigenvalue weighted by molar-refractivity contribution is 5.92. The van der Waals surface area contributed by atoms with E-state index in [0.717, 1.165) is 97.1 Å². The number of esters is 2. The molecule has 28 N–H and O–H groups in total. The number of phenolic OH excluding ortho intramolecular Hbond substituents is 26. The van der Waals surface area contributed by atoms with E-state index in [2.05, 4.69) is 0 Å². The minimum Gasteiger partial charge on any atom is -0.508 e. The molecular weight excluding hydrogens is 1460 g/mol. The fraction of sp³-hybridized carbons (Fsp3) is 0.162. The van der Waals surface area contributed by atoms with Crippen molar-refractivity contribution in [1.29, 1.82) is 0 Å². The number of carbonyl (C=O) groups excluding carboxylic acids is 2. The third kappa shape index (κ3) is 15.6. The Kier molecular flexibility index (Phi) is 20.7. The zero-order chi connectivity index (χ0) is 80.1. The van der Waals surface area contributed by atoms with Crippen molar-refractivity contribution in [2.75, 3.05) is 0 Å². The van der Waals surface area contributed by atoms with Gasteiger partial charge in [-0.3, -0.25) is 0 Å². The SMILES string of the molecule is O=C(O[C@@H]1Cc2c(O)cc(O)cc2O[C@@H]1c1cc(O)c(O)c(O)c1)c1cc(O)c(O)c(O)c1.O=C(O[C@@H]1Cc2c(O)cc(O)cc2O[C@H]1c1cc(O)c(O)c(O)c1)c1cc(O)c(O)c(O)c1.Oc1cc(O)c2c(c1)O[C@@H](c1cc(O)c(O)c(O)c1)[C@H](O)C2.Oc1cc(O)c2c(c1)O[C@H](c1cc(O)c(O)c(O)c1)[C@H](O)C2. The number of fused-ring (bicyclic) bond motifs is 4. The summed E-state index contributed by atoms with van der Waals surface area (Å²) in [6.07, 6.45) is -8.83. The maximum atomic E-state index is 12.7. The monoisotopic (exact) mass is 1530 g/mol. The number of rotatable bonds is 8. The first-order valence-electron chi connectivity index (χ1n) is 32.0. The van der Waals surface area contributed by atoms with Crippen molar-refractivity contribution in [2.24, 2.45) is 0 Å². The first kappa shape index (κ1) is 76.2. The van der Waals surface area contributed by atoms with Gasteiger partial charge in [0.25, 0.3) is 0 Å². The molecule has 36 nitrogen and oxygen atoms in total. The fourth-order valence-corrected chi connectivity index (χ4v) is 12.2. The molecule has 36 heteroatoms. The molecule has 10 aromatic rings. The Morgan fingerprint density at radius 1 is 0.245 bits per heavy atom. The summed E-state index contributed by atoms with van der Waals surface area (Å²) in [4.78, 5) is 25.4. The van der Waals surface area contributed by atoms with Crippen molar-refractivity contribution in [2.45, 2.75) is 74.5 Å². The first-order chi connectivity index (χ1) is 51.8. The van der Waals surface area contributed by atoms with Crippen LogP contribution < -0.4 is 18.9 Å². The van der Waals surface area contributed by atoms with E-state index in [4.69, 9.17) is 28.4 Å². The van der Waals surface area contributed by atoms with E-state index in [-0.39, 0.29) is 139 Å². The molecule has 0 saturated carbocycles. The summed E-state index contributed by atoms with van der Waals surface area (Å²) in [5.41, 5.74) is 1.16. The van der Waals surface area contributed by atoms with Crippen LogP contribution in [0.2, 0.25) is 0 Å². The molecule has 14 rings (SSSR count). The number of aliphatic hydroxyl groups is 2. The number of benzene rings is 10. The predicted octanol–water partition coefficient (Wildman–Crippen LogP) is 6.97. The summed E-state index contributed by atoms with van der Waals surface area (Å²) in [6.45, 7) is 0. The minimum absolute atomic E-state index is 0.0526. The molecule has 8 atom stereocenters. The van der Waals surface area contributed by atoms with E-state index < -0.39 is 164 Å². The van der Waals surface area contributed by atoms with Crippen LogP contribution in [0.5, 0.6) is 172 Å². The van der Waals surface area contributed by atoms with E-state index in [9.17, 15) is 153 Å². The summed E-state index contributed by atoms with van der Waals surface area (Å²) < 4.78 is 33.7. The maximum absolute atomic E-state index is 12.7. The van der Waals surface area contributed by atoms with E-state index in [1.807, 2.05) is 0 Å². The van der Waals surface area contributed by atoms with Crippen molar-refractivity contribution in [3.05, 3.63) is 177 Å². The van der Waals surface area contributed by atoms with Crippen LogP contribution in [0.3, 0.4) is 0 Å². The van der Waals surface area contributed by atoms with Crippen LogP contribution in [0.4, 0.5) is 0 Å². The second-order valence-electron chi connectivity index (χ2n) is 25.1. The Morgan fingerprint density at radius 3 is 0.664 bits per heavy atom. The summed E-state index contributed by atoms with van der Waals surface area (Å²) in [7, 11) is 0. The molecule has 10 aromatic carbocycles. The minimum atomic E-state index is -1.18. The number of ether oxygens (including phenoxy) is 6. The molecule has 0 saturated heterocycles. The Hall–Kier alpha value is -14.9. The van der Waals surface area contributed by atoms with Gasteiger partial charge in [-0.15, -0.1) is 0 Å². The maximum Gasteiger partial charge on any atom is 0.338 e. The molecule has 4 aliphatic heterocycles. The summed E-state index contributed by atoms with van der Waals surface area (Å²) in [5.74, 6) is -16.0. The fourth-order valence-electron chi connectivity index (χ4n) is 12.2. The number of aromatic hydroxyl groups is 26. The van der Waals surface area contributed by atoms with Crippen molar-refractivity contribution >= 4 is 11.9 Å². The Balaban J connectivity index is 0.000000148. The van der Waals surface area contributed by atoms with Gasteiger partial charge >= 0.3 is 11.9 Å². The highest BCUT2D eigenvalue weighted by Crippen LogP contribution is 2.52. The van der Waals surface area contributed by atoms with Gasteiger partial charge in [0.15, 0.2) is 128 Å². The molecule has 0 spiro atoms. The van der Waals surface area contributed by atoms with E-state index in [1.165, 1.54) is 24.3 Å². The molecule has 0 amide bonds. The van der Waals surface area contributed by atoms with Crippen LogP contribution in [0, 0.1) is 0 Å². The van der Waals surface area contributed by atoms with Gasteiger partial charge in [-0.05, 0) is 72.8 Å². The lowest BCUT2D eigenvalue weighted by molar-refractivity contribution is -0.0192. The van der Waals surface area contributed by atoms with Crippen LogP contribution in [0.25, 0.3) is 0 Å². The van der Waals surface area contributed by atoms with E-state index in [1.54, 1.807) is 0 Å². The van der Waals surface area contributed by atoms with Gasteiger partial charge in [0.05, 0.1) is 23.3 Å².